The molecule has 1 aliphatic carbocycles. The second kappa shape index (κ2) is 14.7. The van der Waals surface area contributed by atoms with Gasteiger partial charge in [0.05, 0.1) is 0 Å². The van der Waals surface area contributed by atoms with E-state index in [0.29, 0.717) is 49.4 Å². The summed E-state index contributed by atoms with van der Waals surface area (Å²) in [4.78, 5) is 13.3. The molecule has 0 aromatic carbocycles. The zero-order valence-corrected chi connectivity index (χ0v) is 38.0. The average molecular weight is 714 g/mol. The van der Waals surface area contributed by atoms with Crippen molar-refractivity contribution < 1.29 is 0 Å². The second-order valence-electron chi connectivity index (χ2n) is 25.0. The van der Waals surface area contributed by atoms with E-state index in [0.717, 1.165) is 5.92 Å². The molecule has 6 fully saturated rings. The maximum Gasteiger partial charge on any atom is 0.0125 e. The Balaban J connectivity index is 0.000000172. The fourth-order valence-corrected chi connectivity index (χ4v) is 10.4. The van der Waals surface area contributed by atoms with Crippen LogP contribution in [0.1, 0.15) is 176 Å². The van der Waals surface area contributed by atoms with Gasteiger partial charge in [0.2, 0.25) is 0 Å². The Labute approximate surface area is 320 Å². The van der Waals surface area contributed by atoms with Gasteiger partial charge in [-0.25, -0.2) is 0 Å². The van der Waals surface area contributed by atoms with Crippen molar-refractivity contribution >= 4 is 0 Å². The molecule has 5 heteroatoms. The van der Waals surface area contributed by atoms with Crippen LogP contribution in [-0.2, 0) is 0 Å². The van der Waals surface area contributed by atoms with Crippen LogP contribution in [0.25, 0.3) is 0 Å². The SMILES string of the molecule is CC(C)(C)C1CCC2(CCN(C(C)(C)C)C2)C1.CC(C)(C)N1CCC2(C1)CN(C(C)(C)C)C2.CC(C)(C)N1CCC2(CC1)CCN(C(C)(C)C)C2. The van der Waals surface area contributed by atoms with E-state index in [2.05, 4.69) is 149 Å². The summed E-state index contributed by atoms with van der Waals surface area (Å²) in [6.07, 6.45) is 11.5. The van der Waals surface area contributed by atoms with Crippen LogP contribution in [0.15, 0.2) is 0 Å². The lowest BCUT2D eigenvalue weighted by molar-refractivity contribution is -0.0558. The van der Waals surface area contributed by atoms with Crippen LogP contribution >= 0.6 is 0 Å². The molecule has 300 valence electrons. The molecule has 5 saturated heterocycles. The molecule has 51 heavy (non-hydrogen) atoms. The van der Waals surface area contributed by atoms with Crippen molar-refractivity contribution in [3.05, 3.63) is 0 Å². The van der Waals surface area contributed by atoms with Gasteiger partial charge in [-0.3, -0.25) is 24.5 Å². The van der Waals surface area contributed by atoms with E-state index in [1.165, 1.54) is 117 Å². The van der Waals surface area contributed by atoms with Crippen LogP contribution in [0.2, 0.25) is 0 Å². The first-order valence-electron chi connectivity index (χ1n) is 21.6. The van der Waals surface area contributed by atoms with Gasteiger partial charge >= 0.3 is 0 Å². The van der Waals surface area contributed by atoms with Crippen LogP contribution in [0.3, 0.4) is 0 Å². The zero-order chi connectivity index (χ0) is 38.7. The number of nitrogens with zero attached hydrogens (tertiary/aromatic N) is 5. The van der Waals surface area contributed by atoms with Gasteiger partial charge in [0, 0.05) is 65.8 Å². The van der Waals surface area contributed by atoms with Crippen molar-refractivity contribution in [3.8, 4) is 0 Å². The minimum Gasteiger partial charge on any atom is -0.298 e. The molecule has 0 radical (unpaired) electrons. The molecule has 5 aliphatic heterocycles. The van der Waals surface area contributed by atoms with Crippen molar-refractivity contribution in [3.63, 3.8) is 0 Å². The largest absolute Gasteiger partial charge is 0.298 e. The van der Waals surface area contributed by atoms with E-state index >= 15 is 0 Å². The maximum atomic E-state index is 2.71. The monoisotopic (exact) mass is 714 g/mol. The van der Waals surface area contributed by atoms with Crippen LogP contribution < -0.4 is 0 Å². The molecule has 2 atom stereocenters. The molecule has 5 heterocycles. The number of hydrogen-bond donors (Lipinski definition) is 0. The fraction of sp³-hybridized carbons (Fsp3) is 1.00. The molecule has 2 unspecified atom stereocenters. The molecule has 5 nitrogen and oxygen atoms in total. The van der Waals surface area contributed by atoms with E-state index in [1.807, 2.05) is 0 Å². The number of rotatable bonds is 0. The van der Waals surface area contributed by atoms with E-state index < -0.39 is 0 Å². The van der Waals surface area contributed by atoms with Gasteiger partial charge in [-0.2, -0.15) is 0 Å². The quantitative estimate of drug-likeness (QED) is 0.248. The third-order valence-corrected chi connectivity index (χ3v) is 14.9. The number of piperidine rings is 1. The zero-order valence-electron chi connectivity index (χ0n) is 38.0. The topological polar surface area (TPSA) is 16.2 Å². The summed E-state index contributed by atoms with van der Waals surface area (Å²) in [5.41, 5.74) is 4.23. The standard InChI is InChI=1S/C16H32N2.C16H31N.C14H28N2/c1-14(2,3)17-10-7-16(8-11-17)9-12-18(13-16)15(4,5)6;1-14(2,3)13-7-8-16(11-13)9-10-17(12-16)15(4,5)6;1-12(2,3)15-8-7-14(9-15)10-16(11-14)13(4,5)6/h7-13H2,1-6H3;13H,7-12H2,1-6H3;7-11H2,1-6H3. The normalized spacial score (nSPS) is 30.1. The summed E-state index contributed by atoms with van der Waals surface area (Å²) >= 11 is 0. The lowest BCUT2D eigenvalue weighted by Crippen LogP contribution is -2.63. The van der Waals surface area contributed by atoms with Crippen LogP contribution in [0.5, 0.6) is 0 Å². The molecular weight excluding hydrogens is 623 g/mol. The predicted molar refractivity (Wildman–Crippen MR) is 224 cm³/mol. The highest BCUT2D eigenvalue weighted by Gasteiger charge is 2.52. The van der Waals surface area contributed by atoms with Crippen molar-refractivity contribution in [1.82, 2.24) is 24.5 Å². The van der Waals surface area contributed by atoms with E-state index in [-0.39, 0.29) is 0 Å². The molecule has 1 saturated carbocycles. The molecule has 0 aromatic rings. The first-order chi connectivity index (χ1) is 22.9. The average Bonchev–Trinajstić information content (AvgIpc) is 3.73. The molecular formula is C46H91N5. The molecule has 0 bridgehead atoms. The van der Waals surface area contributed by atoms with Crippen molar-refractivity contribution in [1.29, 1.82) is 0 Å². The van der Waals surface area contributed by atoms with Crippen LogP contribution in [0.4, 0.5) is 0 Å². The fourth-order valence-electron chi connectivity index (χ4n) is 10.4. The molecule has 0 aromatic heterocycles. The summed E-state index contributed by atoms with van der Waals surface area (Å²) in [6.45, 7) is 55.6. The highest BCUT2D eigenvalue weighted by Crippen LogP contribution is 2.54. The van der Waals surface area contributed by atoms with Gasteiger partial charge < -0.3 is 0 Å². The van der Waals surface area contributed by atoms with Crippen LogP contribution in [0, 0.1) is 27.6 Å². The first kappa shape index (κ1) is 43.5. The van der Waals surface area contributed by atoms with Gasteiger partial charge in [0.15, 0.2) is 0 Å². The van der Waals surface area contributed by atoms with Crippen molar-refractivity contribution in [2.24, 2.45) is 27.6 Å². The number of hydrogen-bond acceptors (Lipinski definition) is 5. The maximum absolute atomic E-state index is 2.71. The Morgan fingerprint density at radius 3 is 0.961 bits per heavy atom. The number of likely N-dealkylation sites (tertiary alicyclic amines) is 5. The van der Waals surface area contributed by atoms with E-state index in [1.54, 1.807) is 0 Å². The highest BCUT2D eigenvalue weighted by atomic mass is 15.3. The smallest absolute Gasteiger partial charge is 0.0125 e. The minimum absolute atomic E-state index is 0.351. The van der Waals surface area contributed by atoms with Gasteiger partial charge in [-0.05, 0) is 210 Å². The lowest BCUT2D eigenvalue weighted by Gasteiger charge is -2.54. The Bertz CT molecular complexity index is 1090. The minimum atomic E-state index is 0.351. The van der Waals surface area contributed by atoms with E-state index in [4.69, 9.17) is 0 Å². The molecule has 6 aliphatic rings. The molecule has 3 spiro atoms. The van der Waals surface area contributed by atoms with Crippen molar-refractivity contribution in [2.45, 2.75) is 204 Å². The lowest BCUT2D eigenvalue weighted by atomic mass is 9.76. The summed E-state index contributed by atoms with van der Waals surface area (Å²) in [7, 11) is 0. The second-order valence-corrected chi connectivity index (χ2v) is 25.0. The van der Waals surface area contributed by atoms with E-state index in [9.17, 15) is 0 Å². The summed E-state index contributed by atoms with van der Waals surface area (Å²) in [5.74, 6) is 0.947. The summed E-state index contributed by atoms with van der Waals surface area (Å²) in [6, 6.07) is 0. The third-order valence-electron chi connectivity index (χ3n) is 14.9. The predicted octanol–water partition coefficient (Wildman–Crippen LogP) is 10.3. The van der Waals surface area contributed by atoms with Gasteiger partial charge in [-0.1, -0.05) is 20.8 Å². The summed E-state index contributed by atoms with van der Waals surface area (Å²) < 4.78 is 0. The Kier molecular flexibility index (Phi) is 12.6. The van der Waals surface area contributed by atoms with Crippen molar-refractivity contribution in [2.75, 3.05) is 65.4 Å². The van der Waals surface area contributed by atoms with Crippen LogP contribution in [-0.4, -0.2) is 118 Å². The van der Waals surface area contributed by atoms with Gasteiger partial charge in [-0.15, -0.1) is 0 Å². The third kappa shape index (κ3) is 11.0. The Hall–Kier alpha value is -0.200. The Morgan fingerprint density at radius 2 is 0.627 bits per heavy atom. The Morgan fingerprint density at radius 1 is 0.333 bits per heavy atom. The molecule has 0 amide bonds. The first-order valence-corrected chi connectivity index (χ1v) is 21.6. The molecule has 0 N–H and O–H groups in total. The summed E-state index contributed by atoms with van der Waals surface area (Å²) in [5, 5.41) is 0. The molecule has 6 rings (SSSR count). The van der Waals surface area contributed by atoms with Gasteiger partial charge in [0.1, 0.15) is 0 Å². The highest BCUT2D eigenvalue weighted by molar-refractivity contribution is 5.06. The van der Waals surface area contributed by atoms with Gasteiger partial charge in [0.25, 0.3) is 0 Å².